The van der Waals surface area contributed by atoms with E-state index in [1.54, 1.807) is 12.1 Å². The fraction of sp³-hybridized carbons (Fsp3) is 0. The maximum Gasteiger partial charge on any atom is 0.248 e. The predicted molar refractivity (Wildman–Crippen MR) is 66.9 cm³/mol. The van der Waals surface area contributed by atoms with E-state index >= 15 is 0 Å². The van der Waals surface area contributed by atoms with Crippen molar-refractivity contribution in [1.82, 2.24) is 4.98 Å². The molecular formula is C14H10N2O. The molecule has 1 amide bonds. The summed E-state index contributed by atoms with van der Waals surface area (Å²) < 4.78 is 0. The summed E-state index contributed by atoms with van der Waals surface area (Å²) in [6.07, 6.45) is 0. The minimum Gasteiger partial charge on any atom is -0.366 e. The predicted octanol–water partition coefficient (Wildman–Crippen LogP) is 2.44. The van der Waals surface area contributed by atoms with Gasteiger partial charge in [0.15, 0.2) is 0 Å². The van der Waals surface area contributed by atoms with E-state index in [9.17, 15) is 4.79 Å². The quantitative estimate of drug-likeness (QED) is 0.687. The number of carbonyl (C=O) groups is 1. The highest BCUT2D eigenvalue weighted by Crippen LogP contribution is 2.29. The van der Waals surface area contributed by atoms with E-state index in [2.05, 4.69) is 4.98 Å². The Labute approximate surface area is 98.2 Å². The molecule has 0 aromatic heterocycles. The number of primary amides is 1. The zero-order valence-electron chi connectivity index (χ0n) is 9.05. The van der Waals surface area contributed by atoms with Gasteiger partial charge in [0.2, 0.25) is 5.91 Å². The molecule has 0 radical (unpaired) electrons. The van der Waals surface area contributed by atoms with Crippen molar-refractivity contribution in [3.05, 3.63) is 54.1 Å². The van der Waals surface area contributed by atoms with Crippen LogP contribution >= 0.6 is 0 Å². The van der Waals surface area contributed by atoms with Gasteiger partial charge < -0.3 is 5.73 Å². The molecule has 82 valence electrons. The molecule has 1 aromatic rings. The van der Waals surface area contributed by atoms with Gasteiger partial charge in [0.05, 0.1) is 11.2 Å². The summed E-state index contributed by atoms with van der Waals surface area (Å²) in [5.74, 6) is -0.424. The maximum atomic E-state index is 11.1. The van der Waals surface area contributed by atoms with Crippen LogP contribution in [-0.2, 0) is 0 Å². The molecule has 2 aliphatic rings. The molecule has 0 spiro atoms. The first-order valence-corrected chi connectivity index (χ1v) is 5.34. The van der Waals surface area contributed by atoms with Crippen LogP contribution in [0.4, 0.5) is 0 Å². The van der Waals surface area contributed by atoms with E-state index < -0.39 is 5.91 Å². The van der Waals surface area contributed by atoms with Crippen LogP contribution in [0, 0.1) is 0 Å². The monoisotopic (exact) mass is 222 g/mol. The average molecular weight is 222 g/mol. The minimum absolute atomic E-state index is 0.424. The molecule has 0 atom stereocenters. The van der Waals surface area contributed by atoms with Crippen LogP contribution in [0.25, 0.3) is 22.2 Å². The second-order valence-electron chi connectivity index (χ2n) is 3.91. The number of rotatable bonds is 1. The summed E-state index contributed by atoms with van der Waals surface area (Å²) in [6, 6.07) is 15.1. The summed E-state index contributed by atoms with van der Waals surface area (Å²) in [7, 11) is 0. The Morgan fingerprint density at radius 3 is 2.59 bits per heavy atom. The van der Waals surface area contributed by atoms with Crippen LogP contribution in [0.2, 0.25) is 0 Å². The second-order valence-corrected chi connectivity index (χ2v) is 3.91. The van der Waals surface area contributed by atoms with Crippen molar-refractivity contribution < 1.29 is 4.79 Å². The van der Waals surface area contributed by atoms with Crippen LogP contribution in [0.15, 0.2) is 48.5 Å². The van der Waals surface area contributed by atoms with E-state index in [1.807, 2.05) is 36.4 Å². The van der Waals surface area contributed by atoms with Crippen molar-refractivity contribution >= 4 is 16.8 Å². The first-order valence-electron chi connectivity index (χ1n) is 5.34. The summed E-state index contributed by atoms with van der Waals surface area (Å²) in [6.45, 7) is 0. The smallest absolute Gasteiger partial charge is 0.248 e. The molecule has 1 aliphatic heterocycles. The molecule has 17 heavy (non-hydrogen) atoms. The number of aromatic nitrogens is 1. The molecule has 0 saturated heterocycles. The van der Waals surface area contributed by atoms with Gasteiger partial charge in [-0.25, -0.2) is 4.98 Å². The molecule has 3 heteroatoms. The van der Waals surface area contributed by atoms with Crippen molar-refractivity contribution in [3.8, 4) is 11.3 Å². The number of benzene rings is 1. The first-order chi connectivity index (χ1) is 8.25. The minimum atomic E-state index is -0.424. The number of para-hydroxylation sites is 1. The largest absolute Gasteiger partial charge is 0.366 e. The molecule has 1 heterocycles. The summed E-state index contributed by atoms with van der Waals surface area (Å²) in [4.78, 5) is 15.6. The molecule has 1 aromatic carbocycles. The molecular weight excluding hydrogens is 212 g/mol. The van der Waals surface area contributed by atoms with Gasteiger partial charge in [-0.2, -0.15) is 0 Å². The van der Waals surface area contributed by atoms with Crippen molar-refractivity contribution in [3.63, 3.8) is 0 Å². The Morgan fingerprint density at radius 2 is 1.76 bits per heavy atom. The topological polar surface area (TPSA) is 56.0 Å². The molecule has 0 saturated carbocycles. The Bertz CT molecular complexity index is 691. The number of hydrogen-bond donors (Lipinski definition) is 1. The van der Waals surface area contributed by atoms with E-state index in [0.29, 0.717) is 5.56 Å². The number of amides is 1. The van der Waals surface area contributed by atoms with E-state index in [-0.39, 0.29) is 0 Å². The van der Waals surface area contributed by atoms with E-state index in [0.717, 1.165) is 22.2 Å². The van der Waals surface area contributed by atoms with Crippen LogP contribution in [0.3, 0.4) is 0 Å². The normalized spacial score (nSPS) is 10.8. The van der Waals surface area contributed by atoms with Gasteiger partial charge in [0.25, 0.3) is 0 Å². The van der Waals surface area contributed by atoms with Crippen LogP contribution in [0.5, 0.6) is 0 Å². The molecule has 3 nitrogen and oxygen atoms in total. The first kappa shape index (κ1) is 9.78. The Morgan fingerprint density at radius 1 is 1.00 bits per heavy atom. The third-order valence-electron chi connectivity index (χ3n) is 2.85. The Balaban J connectivity index is 2.35. The zero-order valence-corrected chi connectivity index (χ0v) is 9.05. The van der Waals surface area contributed by atoms with Gasteiger partial charge in [-0.15, -0.1) is 0 Å². The highest BCUT2D eigenvalue weighted by Gasteiger charge is 2.10. The molecule has 2 N–H and O–H groups in total. The Hall–Kier alpha value is -2.42. The summed E-state index contributed by atoms with van der Waals surface area (Å²) >= 11 is 0. The highest BCUT2D eigenvalue weighted by atomic mass is 16.1. The number of nitrogens with zero attached hydrogens (tertiary/aromatic N) is 1. The van der Waals surface area contributed by atoms with E-state index in [1.165, 1.54) is 0 Å². The number of fused-ring (bicyclic) bond motifs is 3. The van der Waals surface area contributed by atoms with Crippen molar-refractivity contribution in [1.29, 1.82) is 0 Å². The van der Waals surface area contributed by atoms with Crippen LogP contribution < -0.4 is 5.73 Å². The van der Waals surface area contributed by atoms with Crippen LogP contribution in [0.1, 0.15) is 10.4 Å². The second kappa shape index (κ2) is 3.56. The van der Waals surface area contributed by atoms with Crippen LogP contribution in [-0.4, -0.2) is 10.9 Å². The number of carbonyl (C=O) groups excluding carboxylic acids is 1. The van der Waals surface area contributed by atoms with Gasteiger partial charge >= 0.3 is 0 Å². The Kier molecular flexibility index (Phi) is 2.05. The highest BCUT2D eigenvalue weighted by molar-refractivity contribution is 5.98. The summed E-state index contributed by atoms with van der Waals surface area (Å²) in [5, 5.41) is 1.09. The fourth-order valence-electron chi connectivity index (χ4n) is 1.99. The fourth-order valence-corrected chi connectivity index (χ4v) is 1.99. The SMILES string of the molecule is NC(=O)c1ccc2nc3ccccc3c-2cc1. The molecule has 0 fully saturated rings. The molecule has 3 rings (SSSR count). The lowest BCUT2D eigenvalue weighted by molar-refractivity contribution is 0.100. The lowest BCUT2D eigenvalue weighted by atomic mass is 10.1. The standard InChI is InChI=1S/C14H10N2O/c15-14(17)9-5-7-11-10-3-1-2-4-12(10)16-13(11)8-6-9/h1-8H,(H2,15,17). The third kappa shape index (κ3) is 1.52. The van der Waals surface area contributed by atoms with Gasteiger partial charge in [0, 0.05) is 16.5 Å². The van der Waals surface area contributed by atoms with Crippen molar-refractivity contribution in [2.45, 2.75) is 0 Å². The molecule has 1 aliphatic carbocycles. The number of hydrogen-bond acceptors (Lipinski definition) is 2. The number of nitrogens with two attached hydrogens (primary N) is 1. The van der Waals surface area contributed by atoms with Gasteiger partial charge in [-0.3, -0.25) is 4.79 Å². The van der Waals surface area contributed by atoms with Gasteiger partial charge in [-0.05, 0) is 24.3 Å². The zero-order chi connectivity index (χ0) is 11.8. The lowest BCUT2D eigenvalue weighted by Crippen LogP contribution is -2.09. The molecule has 0 unspecified atom stereocenters. The van der Waals surface area contributed by atoms with E-state index in [4.69, 9.17) is 5.73 Å². The van der Waals surface area contributed by atoms with Crippen molar-refractivity contribution in [2.75, 3.05) is 0 Å². The van der Waals surface area contributed by atoms with Gasteiger partial charge in [-0.1, -0.05) is 24.3 Å². The third-order valence-corrected chi connectivity index (χ3v) is 2.85. The molecule has 0 bridgehead atoms. The summed E-state index contributed by atoms with van der Waals surface area (Å²) in [5.41, 5.74) is 8.62. The van der Waals surface area contributed by atoms with Gasteiger partial charge in [0.1, 0.15) is 0 Å². The van der Waals surface area contributed by atoms with Crippen molar-refractivity contribution in [2.24, 2.45) is 5.73 Å². The average Bonchev–Trinajstić information content (AvgIpc) is 2.53. The lowest BCUT2D eigenvalue weighted by Gasteiger charge is -1.89. The maximum absolute atomic E-state index is 11.1.